The van der Waals surface area contributed by atoms with E-state index in [9.17, 15) is 13.2 Å². The van der Waals surface area contributed by atoms with Crippen molar-refractivity contribution in [1.29, 1.82) is 0 Å². The highest BCUT2D eigenvalue weighted by Gasteiger charge is 2.30. The lowest BCUT2D eigenvalue weighted by Gasteiger charge is -2.11. The molecule has 0 amide bonds. The van der Waals surface area contributed by atoms with Crippen LogP contribution in [0, 0.1) is 0 Å². The van der Waals surface area contributed by atoms with Crippen molar-refractivity contribution in [2.75, 3.05) is 5.73 Å². The minimum atomic E-state index is -4.25. The molecule has 2 aromatic rings. The number of anilines is 1. The highest BCUT2D eigenvalue weighted by molar-refractivity contribution is 5.79. The van der Waals surface area contributed by atoms with Gasteiger partial charge in [0.05, 0.1) is 11.0 Å². The first-order chi connectivity index (χ1) is 8.40. The van der Waals surface area contributed by atoms with Gasteiger partial charge in [-0.15, -0.1) is 0 Å². The molecule has 1 aromatic carbocycles. The summed E-state index contributed by atoms with van der Waals surface area (Å²) in [6.45, 7) is 0.897. The van der Waals surface area contributed by atoms with Crippen molar-refractivity contribution >= 4 is 16.7 Å². The van der Waals surface area contributed by atoms with E-state index in [-0.39, 0.29) is 0 Å². The van der Waals surface area contributed by atoms with Gasteiger partial charge < -0.3 is 10.3 Å². The van der Waals surface area contributed by atoms with Crippen LogP contribution in [-0.2, 0) is 13.0 Å². The Balaban J connectivity index is 2.55. The predicted octanol–water partition coefficient (Wildman–Crippen LogP) is 3.13. The first kappa shape index (κ1) is 12.7. The zero-order valence-electron chi connectivity index (χ0n) is 9.96. The fourth-order valence-corrected chi connectivity index (χ4v) is 1.97. The summed E-state index contributed by atoms with van der Waals surface area (Å²) < 4.78 is 38.9. The zero-order chi connectivity index (χ0) is 13.3. The van der Waals surface area contributed by atoms with Crippen LogP contribution >= 0.6 is 0 Å². The van der Waals surface area contributed by atoms with E-state index in [1.165, 1.54) is 4.57 Å². The second-order valence-corrected chi connectivity index (χ2v) is 4.23. The van der Waals surface area contributed by atoms with Gasteiger partial charge in [0.25, 0.3) is 0 Å². The molecule has 1 aromatic heterocycles. The second-order valence-electron chi connectivity index (χ2n) is 4.23. The first-order valence-corrected chi connectivity index (χ1v) is 5.72. The smallest absolute Gasteiger partial charge is 0.399 e. The number of benzene rings is 1. The number of nitrogen functional groups attached to an aromatic ring is 1. The molecule has 98 valence electrons. The molecule has 2 rings (SSSR count). The number of fused-ring (bicyclic) bond motifs is 1. The predicted molar refractivity (Wildman–Crippen MR) is 64.2 cm³/mol. The van der Waals surface area contributed by atoms with E-state index in [0.717, 1.165) is 6.42 Å². The van der Waals surface area contributed by atoms with Crippen LogP contribution < -0.4 is 5.73 Å². The summed E-state index contributed by atoms with van der Waals surface area (Å²) in [6, 6.07) is 4.77. The number of alkyl halides is 3. The van der Waals surface area contributed by atoms with Crippen LogP contribution in [-0.4, -0.2) is 15.7 Å². The standard InChI is InChI=1S/C12H14F3N3/c1-2-3-11-17-9-6-8(16)4-5-10(9)18(11)7-12(13,14)15/h4-6H,2-3,7,16H2,1H3. The van der Waals surface area contributed by atoms with Crippen LogP contribution in [0.5, 0.6) is 0 Å². The molecule has 0 fully saturated rings. The van der Waals surface area contributed by atoms with E-state index in [1.54, 1.807) is 18.2 Å². The van der Waals surface area contributed by atoms with Gasteiger partial charge in [0, 0.05) is 12.1 Å². The summed E-state index contributed by atoms with van der Waals surface area (Å²) >= 11 is 0. The van der Waals surface area contributed by atoms with Gasteiger partial charge in [-0.1, -0.05) is 6.92 Å². The summed E-state index contributed by atoms with van der Waals surface area (Å²) in [4.78, 5) is 4.23. The fourth-order valence-electron chi connectivity index (χ4n) is 1.97. The van der Waals surface area contributed by atoms with E-state index in [4.69, 9.17) is 5.73 Å². The molecule has 3 nitrogen and oxygen atoms in total. The summed E-state index contributed by atoms with van der Waals surface area (Å²) in [5.74, 6) is 0.454. The Morgan fingerprint density at radius 2 is 2.06 bits per heavy atom. The Hall–Kier alpha value is -1.72. The molecule has 0 aliphatic carbocycles. The van der Waals surface area contributed by atoms with Crippen molar-refractivity contribution in [2.24, 2.45) is 0 Å². The number of hydrogen-bond donors (Lipinski definition) is 1. The van der Waals surface area contributed by atoms with E-state index >= 15 is 0 Å². The fraction of sp³-hybridized carbons (Fsp3) is 0.417. The quantitative estimate of drug-likeness (QED) is 0.858. The van der Waals surface area contributed by atoms with Crippen LogP contribution in [0.2, 0.25) is 0 Å². The molecule has 0 radical (unpaired) electrons. The summed E-state index contributed by atoms with van der Waals surface area (Å²) in [5, 5.41) is 0. The number of halogens is 3. The molecular weight excluding hydrogens is 243 g/mol. The SMILES string of the molecule is CCCc1nc2cc(N)ccc2n1CC(F)(F)F. The number of aryl methyl sites for hydroxylation is 1. The van der Waals surface area contributed by atoms with Crippen LogP contribution in [0.25, 0.3) is 11.0 Å². The molecule has 1 heterocycles. The molecule has 0 aliphatic heterocycles. The van der Waals surface area contributed by atoms with Gasteiger partial charge in [-0.3, -0.25) is 0 Å². The largest absolute Gasteiger partial charge is 0.406 e. The minimum Gasteiger partial charge on any atom is -0.399 e. The van der Waals surface area contributed by atoms with Crippen LogP contribution in [0.3, 0.4) is 0 Å². The number of nitrogens with two attached hydrogens (primary N) is 1. The molecule has 0 atom stereocenters. The maximum absolute atomic E-state index is 12.6. The van der Waals surface area contributed by atoms with Crippen molar-refractivity contribution in [3.8, 4) is 0 Å². The second kappa shape index (κ2) is 4.51. The van der Waals surface area contributed by atoms with Crippen molar-refractivity contribution in [1.82, 2.24) is 9.55 Å². The monoisotopic (exact) mass is 257 g/mol. The summed E-state index contributed by atoms with van der Waals surface area (Å²) in [7, 11) is 0. The van der Waals surface area contributed by atoms with Crippen molar-refractivity contribution in [2.45, 2.75) is 32.5 Å². The van der Waals surface area contributed by atoms with Crippen LogP contribution in [0.15, 0.2) is 18.2 Å². The Morgan fingerprint density at radius 3 is 2.67 bits per heavy atom. The molecule has 0 saturated carbocycles. The number of aromatic nitrogens is 2. The van der Waals surface area contributed by atoms with Gasteiger partial charge in [0.2, 0.25) is 0 Å². The van der Waals surface area contributed by atoms with Crippen LogP contribution in [0.4, 0.5) is 18.9 Å². The Kier molecular flexibility index (Phi) is 3.19. The molecule has 0 unspecified atom stereocenters. The molecular formula is C12H14F3N3. The third-order valence-corrected chi connectivity index (χ3v) is 2.66. The maximum Gasteiger partial charge on any atom is 0.406 e. The normalized spacial score (nSPS) is 12.2. The molecule has 6 heteroatoms. The van der Waals surface area contributed by atoms with Gasteiger partial charge >= 0.3 is 6.18 Å². The van der Waals surface area contributed by atoms with Gasteiger partial charge in [0.1, 0.15) is 12.4 Å². The lowest BCUT2D eigenvalue weighted by molar-refractivity contribution is -0.140. The van der Waals surface area contributed by atoms with Crippen LogP contribution in [0.1, 0.15) is 19.2 Å². The Labute approximate surface area is 102 Å². The van der Waals surface area contributed by atoms with E-state index < -0.39 is 12.7 Å². The summed E-state index contributed by atoms with van der Waals surface area (Å²) in [5.41, 5.74) is 7.11. The van der Waals surface area contributed by atoms with Gasteiger partial charge in [-0.25, -0.2) is 4.98 Å². The molecule has 0 saturated heterocycles. The maximum atomic E-state index is 12.6. The zero-order valence-corrected chi connectivity index (χ0v) is 9.96. The number of hydrogen-bond acceptors (Lipinski definition) is 2. The molecule has 18 heavy (non-hydrogen) atoms. The highest BCUT2D eigenvalue weighted by atomic mass is 19.4. The average molecular weight is 257 g/mol. The van der Waals surface area contributed by atoms with Crippen molar-refractivity contribution in [3.63, 3.8) is 0 Å². The highest BCUT2D eigenvalue weighted by Crippen LogP contribution is 2.25. The van der Waals surface area contributed by atoms with E-state index in [0.29, 0.717) is 29.0 Å². The molecule has 2 N–H and O–H groups in total. The summed E-state index contributed by atoms with van der Waals surface area (Å²) in [6.07, 6.45) is -2.99. The first-order valence-electron chi connectivity index (χ1n) is 5.72. The molecule has 0 bridgehead atoms. The Bertz CT molecular complexity index is 557. The minimum absolute atomic E-state index is 0.454. The average Bonchev–Trinajstić information content (AvgIpc) is 2.54. The lowest BCUT2D eigenvalue weighted by atomic mass is 10.3. The number of rotatable bonds is 3. The van der Waals surface area contributed by atoms with E-state index in [2.05, 4.69) is 4.98 Å². The Morgan fingerprint density at radius 1 is 1.33 bits per heavy atom. The van der Waals surface area contributed by atoms with E-state index in [1.807, 2.05) is 6.92 Å². The number of nitrogens with zero attached hydrogens (tertiary/aromatic N) is 2. The molecule has 0 spiro atoms. The molecule has 0 aliphatic rings. The van der Waals surface area contributed by atoms with Crippen molar-refractivity contribution < 1.29 is 13.2 Å². The van der Waals surface area contributed by atoms with Crippen molar-refractivity contribution in [3.05, 3.63) is 24.0 Å². The third kappa shape index (κ3) is 2.57. The topological polar surface area (TPSA) is 43.8 Å². The number of imidazole rings is 1. The van der Waals surface area contributed by atoms with Gasteiger partial charge in [0.15, 0.2) is 0 Å². The third-order valence-electron chi connectivity index (χ3n) is 2.66. The van der Waals surface area contributed by atoms with Gasteiger partial charge in [-0.2, -0.15) is 13.2 Å². The van der Waals surface area contributed by atoms with Gasteiger partial charge in [-0.05, 0) is 24.6 Å². The lowest BCUT2D eigenvalue weighted by Crippen LogP contribution is -2.19.